The predicted octanol–water partition coefficient (Wildman–Crippen LogP) is 3.38. The number of nitrogens with zero attached hydrogens (tertiary/aromatic N) is 3. The second-order valence-electron chi connectivity index (χ2n) is 6.85. The molecule has 3 rings (SSSR count). The van der Waals surface area contributed by atoms with Crippen molar-refractivity contribution in [2.75, 3.05) is 25.0 Å². The highest BCUT2D eigenvalue weighted by Gasteiger charge is 2.13. The monoisotopic (exact) mass is 340 g/mol. The van der Waals surface area contributed by atoms with E-state index < -0.39 is 0 Å². The molecule has 0 bridgehead atoms. The first-order valence-corrected chi connectivity index (χ1v) is 9.25. The number of anilines is 1. The molecule has 134 valence electrons. The summed E-state index contributed by atoms with van der Waals surface area (Å²) >= 11 is 0. The highest BCUT2D eigenvalue weighted by atomic mass is 16.3. The Balaban J connectivity index is 1.77. The Morgan fingerprint density at radius 1 is 1.20 bits per heavy atom. The third kappa shape index (κ3) is 4.69. The molecule has 5 nitrogen and oxygen atoms in total. The Morgan fingerprint density at radius 2 is 2.08 bits per heavy atom. The van der Waals surface area contributed by atoms with Crippen molar-refractivity contribution in [2.45, 2.75) is 45.1 Å². The summed E-state index contributed by atoms with van der Waals surface area (Å²) in [4.78, 5) is 10.8. The van der Waals surface area contributed by atoms with Crippen molar-refractivity contribution < 1.29 is 5.11 Å². The van der Waals surface area contributed by atoms with E-state index in [1.807, 2.05) is 19.2 Å². The van der Waals surface area contributed by atoms with Crippen LogP contribution < -0.4 is 10.2 Å². The van der Waals surface area contributed by atoms with Gasteiger partial charge in [-0.2, -0.15) is 0 Å². The number of hydrogen-bond acceptors (Lipinski definition) is 5. The molecule has 0 unspecified atom stereocenters. The number of nitrogens with one attached hydrogen (secondary N) is 1. The van der Waals surface area contributed by atoms with E-state index in [0.717, 1.165) is 48.6 Å². The molecule has 1 saturated heterocycles. The average molecular weight is 340 g/mol. The van der Waals surface area contributed by atoms with Crippen LogP contribution in [0, 0.1) is 0 Å². The largest absolute Gasteiger partial charge is 0.508 e. The van der Waals surface area contributed by atoms with Crippen LogP contribution in [0.4, 0.5) is 5.82 Å². The summed E-state index contributed by atoms with van der Waals surface area (Å²) in [5.41, 5.74) is 2.95. The van der Waals surface area contributed by atoms with Crippen LogP contribution in [-0.4, -0.2) is 41.3 Å². The molecule has 2 N–H and O–H groups in total. The fraction of sp³-hybridized carbons (Fsp3) is 0.500. The zero-order chi connectivity index (χ0) is 17.6. The molecule has 1 aromatic carbocycles. The maximum atomic E-state index is 10.1. The van der Waals surface area contributed by atoms with E-state index >= 15 is 0 Å². The van der Waals surface area contributed by atoms with E-state index in [2.05, 4.69) is 33.2 Å². The van der Waals surface area contributed by atoms with Crippen molar-refractivity contribution in [1.29, 1.82) is 0 Å². The van der Waals surface area contributed by atoms with E-state index in [4.69, 9.17) is 0 Å². The van der Waals surface area contributed by atoms with E-state index in [9.17, 15) is 5.11 Å². The van der Waals surface area contributed by atoms with Crippen molar-refractivity contribution in [3.63, 3.8) is 0 Å². The molecule has 1 fully saturated rings. The van der Waals surface area contributed by atoms with Crippen LogP contribution in [0.25, 0.3) is 11.3 Å². The van der Waals surface area contributed by atoms with Crippen molar-refractivity contribution in [2.24, 2.45) is 0 Å². The molecule has 0 spiro atoms. The van der Waals surface area contributed by atoms with Gasteiger partial charge >= 0.3 is 0 Å². The minimum absolute atomic E-state index is 0.299. The number of aromatic hydroxyl groups is 1. The maximum absolute atomic E-state index is 10.1. The molecule has 1 aliphatic rings. The van der Waals surface area contributed by atoms with E-state index in [-0.39, 0.29) is 0 Å². The third-order valence-electron chi connectivity index (χ3n) is 4.99. The molecule has 0 saturated carbocycles. The lowest BCUT2D eigenvalue weighted by atomic mass is 9.96. The number of phenols is 1. The molecule has 1 aliphatic heterocycles. The van der Waals surface area contributed by atoms with Crippen LogP contribution in [0.2, 0.25) is 0 Å². The number of aromatic nitrogens is 2. The molecular formula is C20H28N4O. The Bertz CT molecular complexity index is 698. The Kier molecular flexibility index (Phi) is 5.87. The summed E-state index contributed by atoms with van der Waals surface area (Å²) in [6.45, 7) is 4.11. The number of benzene rings is 1. The molecular weight excluding hydrogens is 312 g/mol. The lowest BCUT2D eigenvalue weighted by Crippen LogP contribution is -2.34. The van der Waals surface area contributed by atoms with Crippen LogP contribution in [0.1, 0.15) is 38.2 Å². The standard InChI is InChI=1S/C20H28N4O/c1-3-24(2)20-13-19(22-14-23-20)16-10-15(11-18(25)12-16)7-8-17-6-4-5-9-21-17/h10-14,17,21,25H,3-9H2,1-2H3/t17-/m1/s1. The van der Waals surface area contributed by atoms with Gasteiger partial charge in [0.25, 0.3) is 0 Å². The number of phenolic OH excluding ortho intramolecular Hbond substituents is 1. The van der Waals surface area contributed by atoms with Crippen molar-refractivity contribution in [3.8, 4) is 17.0 Å². The van der Waals surface area contributed by atoms with Crippen LogP contribution in [-0.2, 0) is 6.42 Å². The summed E-state index contributed by atoms with van der Waals surface area (Å²) in [6, 6.07) is 8.36. The number of aryl methyl sites for hydroxylation is 1. The molecule has 0 amide bonds. The van der Waals surface area contributed by atoms with E-state index in [1.54, 1.807) is 12.4 Å². The Hall–Kier alpha value is -2.14. The Morgan fingerprint density at radius 3 is 2.84 bits per heavy atom. The van der Waals surface area contributed by atoms with Crippen LogP contribution in [0.15, 0.2) is 30.6 Å². The van der Waals surface area contributed by atoms with Gasteiger partial charge in [0.15, 0.2) is 0 Å². The minimum atomic E-state index is 0.299. The number of hydrogen-bond donors (Lipinski definition) is 2. The van der Waals surface area contributed by atoms with Crippen molar-refractivity contribution in [3.05, 3.63) is 36.2 Å². The summed E-state index contributed by atoms with van der Waals surface area (Å²) in [5.74, 6) is 1.19. The second kappa shape index (κ2) is 8.30. The summed E-state index contributed by atoms with van der Waals surface area (Å²) in [7, 11) is 2.01. The van der Waals surface area contributed by atoms with Gasteiger partial charge in [0.05, 0.1) is 5.69 Å². The normalized spacial score (nSPS) is 17.4. The highest BCUT2D eigenvalue weighted by molar-refractivity contribution is 5.65. The van der Waals surface area contributed by atoms with Crippen molar-refractivity contribution >= 4 is 5.82 Å². The average Bonchev–Trinajstić information content (AvgIpc) is 2.66. The topological polar surface area (TPSA) is 61.3 Å². The van der Waals surface area contributed by atoms with Gasteiger partial charge in [0.2, 0.25) is 0 Å². The van der Waals surface area contributed by atoms with Gasteiger partial charge in [-0.1, -0.05) is 6.42 Å². The first-order valence-electron chi connectivity index (χ1n) is 9.25. The zero-order valence-corrected chi connectivity index (χ0v) is 15.2. The fourth-order valence-electron chi connectivity index (χ4n) is 3.35. The van der Waals surface area contributed by atoms with Gasteiger partial charge in [-0.3, -0.25) is 0 Å². The second-order valence-corrected chi connectivity index (χ2v) is 6.85. The smallest absolute Gasteiger partial charge is 0.132 e. The van der Waals surface area contributed by atoms with E-state index in [0.29, 0.717) is 11.8 Å². The molecule has 0 radical (unpaired) electrons. The molecule has 0 aliphatic carbocycles. The van der Waals surface area contributed by atoms with Crippen LogP contribution in [0.3, 0.4) is 0 Å². The van der Waals surface area contributed by atoms with Gasteiger partial charge in [-0.25, -0.2) is 9.97 Å². The summed E-state index contributed by atoms with van der Waals surface area (Å²) in [5, 5.41) is 13.7. The SMILES string of the molecule is CCN(C)c1cc(-c2cc(O)cc(CC[C@H]3CCCCN3)c2)ncn1. The molecule has 25 heavy (non-hydrogen) atoms. The van der Waals surface area contributed by atoms with E-state index in [1.165, 1.54) is 19.3 Å². The van der Waals surface area contributed by atoms with Crippen LogP contribution in [0.5, 0.6) is 5.75 Å². The first kappa shape index (κ1) is 17.7. The first-order chi connectivity index (χ1) is 12.2. The minimum Gasteiger partial charge on any atom is -0.508 e. The fourth-order valence-corrected chi connectivity index (χ4v) is 3.35. The Labute approximate surface area is 150 Å². The number of piperidine rings is 1. The molecule has 2 heterocycles. The van der Waals surface area contributed by atoms with Gasteiger partial charge in [-0.05, 0) is 62.9 Å². The van der Waals surface area contributed by atoms with Gasteiger partial charge in [-0.15, -0.1) is 0 Å². The quantitative estimate of drug-likeness (QED) is 0.844. The third-order valence-corrected chi connectivity index (χ3v) is 4.99. The molecule has 1 aromatic heterocycles. The summed E-state index contributed by atoms with van der Waals surface area (Å²) in [6.07, 6.45) is 7.52. The highest BCUT2D eigenvalue weighted by Crippen LogP contribution is 2.27. The summed E-state index contributed by atoms with van der Waals surface area (Å²) < 4.78 is 0. The maximum Gasteiger partial charge on any atom is 0.132 e. The lowest BCUT2D eigenvalue weighted by molar-refractivity contribution is 0.382. The van der Waals surface area contributed by atoms with Gasteiger partial charge in [0, 0.05) is 31.3 Å². The van der Waals surface area contributed by atoms with Crippen LogP contribution >= 0.6 is 0 Å². The van der Waals surface area contributed by atoms with Crippen molar-refractivity contribution in [1.82, 2.24) is 15.3 Å². The molecule has 2 aromatic rings. The number of rotatable bonds is 6. The molecule has 1 atom stereocenters. The molecule has 5 heteroatoms. The predicted molar refractivity (Wildman–Crippen MR) is 102 cm³/mol. The van der Waals surface area contributed by atoms with Gasteiger partial charge in [0.1, 0.15) is 17.9 Å². The lowest BCUT2D eigenvalue weighted by Gasteiger charge is -2.23. The zero-order valence-electron chi connectivity index (χ0n) is 15.2. The van der Waals surface area contributed by atoms with Gasteiger partial charge < -0.3 is 15.3 Å².